The van der Waals surface area contributed by atoms with E-state index in [1.807, 2.05) is 7.05 Å². The van der Waals surface area contributed by atoms with E-state index in [1.165, 1.54) is 0 Å². The van der Waals surface area contributed by atoms with Crippen LogP contribution in [0.5, 0.6) is 0 Å². The summed E-state index contributed by atoms with van der Waals surface area (Å²) in [6.45, 7) is 7.91. The van der Waals surface area contributed by atoms with E-state index in [-0.39, 0.29) is 11.6 Å². The van der Waals surface area contributed by atoms with E-state index in [0.29, 0.717) is 19.5 Å². The Bertz CT molecular complexity index is 331. The number of rotatable bonds is 3. The number of carboxylic acid groups (broad SMARTS) is 1. The molecule has 1 aliphatic rings. The maximum atomic E-state index is 12.0. The number of aliphatic carboxylic acids is 1. The third kappa shape index (κ3) is 3.35. The molecule has 2 amide bonds. The molecule has 0 bridgehead atoms. The van der Waals surface area contributed by atoms with Gasteiger partial charge in [-0.15, -0.1) is 0 Å². The van der Waals surface area contributed by atoms with Gasteiger partial charge in [0.15, 0.2) is 0 Å². The van der Waals surface area contributed by atoms with Crippen LogP contribution in [0.2, 0.25) is 0 Å². The van der Waals surface area contributed by atoms with Crippen molar-refractivity contribution in [2.75, 3.05) is 26.7 Å². The Hall–Kier alpha value is -1.30. The molecule has 0 aromatic rings. The zero-order valence-electron chi connectivity index (χ0n) is 11.6. The standard InChI is InChI=1S/C12H23N3O3/c1-5-9(10(16)17)13-11(18)15-7-6-14(4)12(2,3)8-15/h9H,5-8H2,1-4H3,(H,13,18)(H,16,17)/t9-/m1/s1. The molecule has 6 heteroatoms. The van der Waals surface area contributed by atoms with Crippen molar-refractivity contribution in [1.29, 1.82) is 0 Å². The Morgan fingerprint density at radius 1 is 1.39 bits per heavy atom. The Morgan fingerprint density at radius 3 is 2.44 bits per heavy atom. The number of hydrogen-bond donors (Lipinski definition) is 2. The third-order valence-corrected chi connectivity index (χ3v) is 3.61. The van der Waals surface area contributed by atoms with Crippen molar-refractivity contribution in [3.63, 3.8) is 0 Å². The summed E-state index contributed by atoms with van der Waals surface area (Å²) in [5.41, 5.74) is -0.0828. The largest absolute Gasteiger partial charge is 0.480 e. The lowest BCUT2D eigenvalue weighted by Gasteiger charge is -2.45. The molecule has 1 heterocycles. The Morgan fingerprint density at radius 2 is 2.00 bits per heavy atom. The van der Waals surface area contributed by atoms with Gasteiger partial charge in [0, 0.05) is 25.2 Å². The number of hydrogen-bond acceptors (Lipinski definition) is 3. The summed E-state index contributed by atoms with van der Waals surface area (Å²) in [6.07, 6.45) is 0.387. The highest BCUT2D eigenvalue weighted by atomic mass is 16.4. The van der Waals surface area contributed by atoms with Crippen molar-refractivity contribution in [1.82, 2.24) is 15.1 Å². The molecule has 1 fully saturated rings. The molecule has 0 radical (unpaired) electrons. The summed E-state index contributed by atoms with van der Waals surface area (Å²) in [5, 5.41) is 11.5. The number of nitrogens with zero attached hydrogens (tertiary/aromatic N) is 2. The summed E-state index contributed by atoms with van der Waals surface area (Å²) >= 11 is 0. The summed E-state index contributed by atoms with van der Waals surface area (Å²) in [4.78, 5) is 26.8. The molecule has 0 aromatic heterocycles. The van der Waals surface area contributed by atoms with Crippen LogP contribution in [0.15, 0.2) is 0 Å². The lowest BCUT2D eigenvalue weighted by molar-refractivity contribution is -0.139. The highest BCUT2D eigenvalue weighted by Gasteiger charge is 2.34. The maximum absolute atomic E-state index is 12.0. The molecule has 6 nitrogen and oxygen atoms in total. The molecule has 1 atom stereocenters. The smallest absolute Gasteiger partial charge is 0.326 e. The molecule has 0 aromatic carbocycles. The molecule has 0 spiro atoms. The SMILES string of the molecule is CC[C@@H](NC(=O)N1CCN(C)C(C)(C)C1)C(=O)O. The predicted octanol–water partition coefficient (Wildman–Crippen LogP) is 0.585. The zero-order valence-corrected chi connectivity index (χ0v) is 11.6. The lowest BCUT2D eigenvalue weighted by Crippen LogP contribution is -2.61. The maximum Gasteiger partial charge on any atom is 0.326 e. The molecule has 1 saturated heterocycles. The summed E-state index contributed by atoms with van der Waals surface area (Å²) < 4.78 is 0. The number of urea groups is 1. The fraction of sp³-hybridized carbons (Fsp3) is 0.833. The molecule has 0 saturated carbocycles. The van der Waals surface area contributed by atoms with E-state index in [0.717, 1.165) is 6.54 Å². The second-order valence-electron chi connectivity index (χ2n) is 5.40. The van der Waals surface area contributed by atoms with Gasteiger partial charge in [-0.3, -0.25) is 4.90 Å². The fourth-order valence-electron chi connectivity index (χ4n) is 1.99. The Labute approximate surface area is 108 Å². The van der Waals surface area contributed by atoms with Crippen molar-refractivity contribution in [3.8, 4) is 0 Å². The molecule has 18 heavy (non-hydrogen) atoms. The predicted molar refractivity (Wildman–Crippen MR) is 68.5 cm³/mol. The van der Waals surface area contributed by atoms with Gasteiger partial charge in [0.25, 0.3) is 0 Å². The monoisotopic (exact) mass is 257 g/mol. The fourth-order valence-corrected chi connectivity index (χ4v) is 1.99. The van der Waals surface area contributed by atoms with Gasteiger partial charge in [0.1, 0.15) is 6.04 Å². The molecular weight excluding hydrogens is 234 g/mol. The number of carbonyl (C=O) groups is 2. The number of likely N-dealkylation sites (N-methyl/N-ethyl adjacent to an activating group) is 1. The molecule has 1 rings (SSSR count). The normalized spacial score (nSPS) is 21.4. The number of carbonyl (C=O) groups excluding carboxylic acids is 1. The van der Waals surface area contributed by atoms with Crippen molar-refractivity contribution in [3.05, 3.63) is 0 Å². The molecule has 0 unspecified atom stereocenters. The Balaban J connectivity index is 2.60. The molecule has 0 aliphatic carbocycles. The first-order valence-electron chi connectivity index (χ1n) is 6.27. The van der Waals surface area contributed by atoms with Crippen LogP contribution in [0, 0.1) is 0 Å². The van der Waals surface area contributed by atoms with Crippen LogP contribution in [0.4, 0.5) is 4.79 Å². The highest BCUT2D eigenvalue weighted by Crippen LogP contribution is 2.18. The van der Waals surface area contributed by atoms with Gasteiger partial charge in [0.2, 0.25) is 0 Å². The van der Waals surface area contributed by atoms with E-state index >= 15 is 0 Å². The second-order valence-corrected chi connectivity index (χ2v) is 5.40. The number of carboxylic acids is 1. The summed E-state index contributed by atoms with van der Waals surface area (Å²) in [6, 6.07) is -1.09. The van der Waals surface area contributed by atoms with Crippen molar-refractivity contribution < 1.29 is 14.7 Å². The second kappa shape index (κ2) is 5.56. The van der Waals surface area contributed by atoms with Crippen molar-refractivity contribution in [2.45, 2.75) is 38.8 Å². The van der Waals surface area contributed by atoms with Crippen LogP contribution in [-0.2, 0) is 4.79 Å². The van der Waals surface area contributed by atoms with Crippen LogP contribution in [0.3, 0.4) is 0 Å². The number of piperazine rings is 1. The van der Waals surface area contributed by atoms with E-state index in [2.05, 4.69) is 24.1 Å². The van der Waals surface area contributed by atoms with Crippen LogP contribution in [0.1, 0.15) is 27.2 Å². The molecular formula is C12H23N3O3. The average Bonchev–Trinajstić information content (AvgIpc) is 2.28. The number of amides is 2. The summed E-state index contributed by atoms with van der Waals surface area (Å²) in [7, 11) is 2.03. The first-order chi connectivity index (χ1) is 8.27. The summed E-state index contributed by atoms with van der Waals surface area (Å²) in [5.74, 6) is -0.987. The van der Waals surface area contributed by atoms with Crippen LogP contribution in [-0.4, -0.2) is 65.2 Å². The molecule has 104 valence electrons. The van der Waals surface area contributed by atoms with Gasteiger partial charge >= 0.3 is 12.0 Å². The zero-order chi connectivity index (χ0) is 13.9. The molecule has 1 aliphatic heterocycles. The molecule has 2 N–H and O–H groups in total. The highest BCUT2D eigenvalue weighted by molar-refractivity contribution is 5.82. The quantitative estimate of drug-likeness (QED) is 0.776. The van der Waals surface area contributed by atoms with Crippen LogP contribution < -0.4 is 5.32 Å². The van der Waals surface area contributed by atoms with Gasteiger partial charge in [-0.1, -0.05) is 6.92 Å². The topological polar surface area (TPSA) is 72.9 Å². The van der Waals surface area contributed by atoms with Gasteiger partial charge in [0.05, 0.1) is 0 Å². The van der Waals surface area contributed by atoms with Gasteiger partial charge in [-0.25, -0.2) is 9.59 Å². The average molecular weight is 257 g/mol. The third-order valence-electron chi connectivity index (χ3n) is 3.61. The minimum atomic E-state index is -0.987. The van der Waals surface area contributed by atoms with Crippen LogP contribution >= 0.6 is 0 Å². The van der Waals surface area contributed by atoms with E-state index in [9.17, 15) is 9.59 Å². The lowest BCUT2D eigenvalue weighted by atomic mass is 10.00. The van der Waals surface area contributed by atoms with Gasteiger partial charge in [-0.05, 0) is 27.3 Å². The van der Waals surface area contributed by atoms with Gasteiger partial charge in [-0.2, -0.15) is 0 Å². The van der Waals surface area contributed by atoms with E-state index < -0.39 is 12.0 Å². The first-order valence-corrected chi connectivity index (χ1v) is 6.27. The van der Waals surface area contributed by atoms with Crippen molar-refractivity contribution in [2.24, 2.45) is 0 Å². The number of nitrogens with one attached hydrogen (secondary N) is 1. The van der Waals surface area contributed by atoms with E-state index in [4.69, 9.17) is 5.11 Å². The minimum Gasteiger partial charge on any atom is -0.480 e. The van der Waals surface area contributed by atoms with Gasteiger partial charge < -0.3 is 15.3 Å². The Kier molecular flexibility index (Phi) is 4.56. The minimum absolute atomic E-state index is 0.0828. The van der Waals surface area contributed by atoms with E-state index in [1.54, 1.807) is 11.8 Å². The first kappa shape index (κ1) is 14.8. The van der Waals surface area contributed by atoms with Crippen molar-refractivity contribution >= 4 is 12.0 Å². The van der Waals surface area contributed by atoms with Crippen LogP contribution in [0.25, 0.3) is 0 Å².